The summed E-state index contributed by atoms with van der Waals surface area (Å²) in [5.41, 5.74) is 7.71. The first-order valence-corrected chi connectivity index (χ1v) is 12.2. The van der Waals surface area contributed by atoms with Gasteiger partial charge < -0.3 is 14.6 Å². The van der Waals surface area contributed by atoms with Crippen LogP contribution in [0.5, 0.6) is 11.5 Å². The highest BCUT2D eigenvalue weighted by molar-refractivity contribution is 5.68. The number of fused-ring (bicyclic) bond motifs is 1. The Kier molecular flexibility index (Phi) is 7.29. The molecule has 5 nitrogen and oxygen atoms in total. The predicted molar refractivity (Wildman–Crippen MR) is 140 cm³/mol. The van der Waals surface area contributed by atoms with Gasteiger partial charge in [-0.3, -0.25) is 4.90 Å². The molecule has 4 aromatic carbocycles. The van der Waals surface area contributed by atoms with E-state index in [0.29, 0.717) is 18.1 Å². The summed E-state index contributed by atoms with van der Waals surface area (Å²) in [6.45, 7) is 3.13. The number of benzene rings is 4. The number of hydrogen-bond donors (Lipinski definition) is 1. The molecule has 1 aliphatic rings. The molecule has 0 spiro atoms. The van der Waals surface area contributed by atoms with Crippen molar-refractivity contribution in [3.8, 4) is 22.6 Å². The second kappa shape index (κ2) is 11.1. The third-order valence-electron chi connectivity index (χ3n) is 6.40. The number of rotatable bonds is 9. The maximum absolute atomic E-state index is 10.6. The van der Waals surface area contributed by atoms with Gasteiger partial charge >= 0.3 is 5.97 Å². The maximum Gasteiger partial charge on any atom is 0.341 e. The van der Waals surface area contributed by atoms with E-state index in [2.05, 4.69) is 77.7 Å². The highest BCUT2D eigenvalue weighted by atomic mass is 16.5. The zero-order valence-electron chi connectivity index (χ0n) is 20.1. The van der Waals surface area contributed by atoms with Crippen LogP contribution in [0.15, 0.2) is 97.1 Å². The second-order valence-electron chi connectivity index (χ2n) is 9.07. The average Bonchev–Trinajstić information content (AvgIpc) is 2.92. The first kappa shape index (κ1) is 23.6. The van der Waals surface area contributed by atoms with Gasteiger partial charge in [-0.2, -0.15) is 0 Å². The van der Waals surface area contributed by atoms with Gasteiger partial charge in [0.15, 0.2) is 6.61 Å². The summed E-state index contributed by atoms with van der Waals surface area (Å²) in [6.07, 6.45) is 1.06. The third-order valence-corrected chi connectivity index (χ3v) is 6.40. The Morgan fingerprint density at radius 1 is 0.750 bits per heavy atom. The minimum Gasteiger partial charge on any atom is -0.489 e. The lowest BCUT2D eigenvalue weighted by atomic mass is 9.94. The van der Waals surface area contributed by atoms with Crippen LogP contribution in [0.2, 0.25) is 0 Å². The number of hydrogen-bond acceptors (Lipinski definition) is 4. The minimum absolute atomic E-state index is 0.359. The van der Waals surface area contributed by atoms with Crippen LogP contribution >= 0.6 is 0 Å². The Morgan fingerprint density at radius 2 is 1.47 bits per heavy atom. The molecule has 0 radical (unpaired) electrons. The number of carboxylic acids is 1. The largest absolute Gasteiger partial charge is 0.489 e. The molecule has 0 amide bonds. The van der Waals surface area contributed by atoms with Crippen LogP contribution in [-0.2, 0) is 30.9 Å². The van der Waals surface area contributed by atoms with Crippen molar-refractivity contribution >= 4 is 5.97 Å². The molecule has 0 saturated heterocycles. The van der Waals surface area contributed by atoms with E-state index in [1.807, 2.05) is 0 Å². The molecule has 0 saturated carbocycles. The summed E-state index contributed by atoms with van der Waals surface area (Å²) in [7, 11) is 0. The van der Waals surface area contributed by atoms with Crippen molar-refractivity contribution in [2.24, 2.45) is 0 Å². The Balaban J connectivity index is 1.21. The molecule has 182 valence electrons. The van der Waals surface area contributed by atoms with Gasteiger partial charge in [0, 0.05) is 19.6 Å². The molecule has 36 heavy (non-hydrogen) atoms. The topological polar surface area (TPSA) is 59.0 Å². The summed E-state index contributed by atoms with van der Waals surface area (Å²) in [6, 6.07) is 32.9. The lowest BCUT2D eigenvalue weighted by Gasteiger charge is -2.29. The molecular formula is C31H29NO4. The number of carbonyl (C=O) groups is 1. The van der Waals surface area contributed by atoms with E-state index >= 15 is 0 Å². The van der Waals surface area contributed by atoms with Gasteiger partial charge in [-0.05, 0) is 70.1 Å². The Bertz CT molecular complexity index is 1320. The highest BCUT2D eigenvalue weighted by Gasteiger charge is 2.17. The zero-order valence-corrected chi connectivity index (χ0v) is 20.1. The van der Waals surface area contributed by atoms with Gasteiger partial charge in [0.2, 0.25) is 0 Å². The highest BCUT2D eigenvalue weighted by Crippen LogP contribution is 2.28. The number of aliphatic carboxylic acids is 1. The molecule has 0 bridgehead atoms. The van der Waals surface area contributed by atoms with Gasteiger partial charge in [-0.15, -0.1) is 0 Å². The normalized spacial score (nSPS) is 13.1. The monoisotopic (exact) mass is 479 g/mol. The van der Waals surface area contributed by atoms with Crippen molar-refractivity contribution < 1.29 is 19.4 Å². The van der Waals surface area contributed by atoms with E-state index in [1.54, 1.807) is 24.3 Å². The second-order valence-corrected chi connectivity index (χ2v) is 9.07. The number of nitrogens with zero attached hydrogens (tertiary/aromatic N) is 1. The molecule has 1 N–H and O–H groups in total. The van der Waals surface area contributed by atoms with E-state index < -0.39 is 5.97 Å². The molecule has 0 fully saturated rings. The zero-order chi connectivity index (χ0) is 24.7. The first-order valence-electron chi connectivity index (χ1n) is 12.2. The van der Waals surface area contributed by atoms with Gasteiger partial charge in [-0.1, -0.05) is 66.7 Å². The van der Waals surface area contributed by atoms with E-state index in [9.17, 15) is 4.79 Å². The van der Waals surface area contributed by atoms with Crippen molar-refractivity contribution in [2.45, 2.75) is 26.1 Å². The van der Waals surface area contributed by atoms with Gasteiger partial charge in [0.25, 0.3) is 0 Å². The van der Waals surface area contributed by atoms with Crippen LogP contribution in [0, 0.1) is 0 Å². The molecule has 5 heteroatoms. The Labute approximate surface area is 211 Å². The molecule has 5 rings (SSSR count). The van der Waals surface area contributed by atoms with Crippen molar-refractivity contribution in [1.29, 1.82) is 0 Å². The van der Waals surface area contributed by atoms with E-state index in [-0.39, 0.29) is 6.61 Å². The van der Waals surface area contributed by atoms with Crippen LogP contribution < -0.4 is 9.47 Å². The van der Waals surface area contributed by atoms with Crippen LogP contribution in [0.1, 0.15) is 22.3 Å². The summed E-state index contributed by atoms with van der Waals surface area (Å²) in [5.74, 6) is 0.207. The molecule has 1 heterocycles. The van der Waals surface area contributed by atoms with Crippen LogP contribution in [0.3, 0.4) is 0 Å². The van der Waals surface area contributed by atoms with Crippen LogP contribution in [0.25, 0.3) is 11.1 Å². The van der Waals surface area contributed by atoms with Crippen molar-refractivity contribution in [1.82, 2.24) is 4.90 Å². The van der Waals surface area contributed by atoms with Gasteiger partial charge in [0.05, 0.1) is 0 Å². The molecular weight excluding hydrogens is 450 g/mol. The fourth-order valence-electron chi connectivity index (χ4n) is 4.55. The average molecular weight is 480 g/mol. The Hall–Kier alpha value is -4.09. The fourth-order valence-corrected chi connectivity index (χ4v) is 4.55. The Morgan fingerprint density at radius 3 is 2.25 bits per heavy atom. The lowest BCUT2D eigenvalue weighted by molar-refractivity contribution is -0.139. The van der Waals surface area contributed by atoms with Crippen LogP contribution in [0.4, 0.5) is 0 Å². The van der Waals surface area contributed by atoms with Crippen molar-refractivity contribution in [3.63, 3.8) is 0 Å². The fraction of sp³-hybridized carbons (Fsp3) is 0.194. The summed E-state index contributed by atoms with van der Waals surface area (Å²) >= 11 is 0. The molecule has 0 aromatic heterocycles. The summed E-state index contributed by atoms with van der Waals surface area (Å²) in [5, 5.41) is 8.71. The first-order chi connectivity index (χ1) is 17.6. The SMILES string of the molecule is O=C(O)COc1ccc(OCc2cccc(-c3ccc4c(c3)CCN(Cc3ccccc3)C4)c2)cc1. The summed E-state index contributed by atoms with van der Waals surface area (Å²) < 4.78 is 11.1. The molecule has 0 atom stereocenters. The lowest BCUT2D eigenvalue weighted by Crippen LogP contribution is -2.30. The number of ether oxygens (including phenoxy) is 2. The summed E-state index contributed by atoms with van der Waals surface area (Å²) in [4.78, 5) is 13.1. The smallest absolute Gasteiger partial charge is 0.341 e. The minimum atomic E-state index is -1.00. The van der Waals surface area contributed by atoms with E-state index in [0.717, 1.165) is 31.6 Å². The number of carboxylic acid groups (broad SMARTS) is 1. The quantitative estimate of drug-likeness (QED) is 0.321. The third kappa shape index (κ3) is 6.12. The van der Waals surface area contributed by atoms with E-state index in [1.165, 1.54) is 27.8 Å². The van der Waals surface area contributed by atoms with Gasteiger partial charge in [0.1, 0.15) is 18.1 Å². The standard InChI is InChI=1S/C31H29NO4/c33-31(34)22-36-30-13-11-29(12-14-30)35-21-24-7-4-8-25(17-24)26-9-10-28-20-32(16-15-27(28)18-26)19-23-5-2-1-3-6-23/h1-14,17-18H,15-16,19-22H2,(H,33,34). The molecule has 0 aliphatic carbocycles. The molecule has 4 aromatic rings. The van der Waals surface area contributed by atoms with E-state index in [4.69, 9.17) is 14.6 Å². The van der Waals surface area contributed by atoms with Crippen molar-refractivity contribution in [2.75, 3.05) is 13.2 Å². The predicted octanol–water partition coefficient (Wildman–Crippen LogP) is 5.95. The van der Waals surface area contributed by atoms with Crippen LogP contribution in [-0.4, -0.2) is 29.1 Å². The van der Waals surface area contributed by atoms with Gasteiger partial charge in [-0.25, -0.2) is 4.79 Å². The van der Waals surface area contributed by atoms with Crippen molar-refractivity contribution in [3.05, 3.63) is 119 Å². The molecule has 0 unspecified atom stereocenters. The maximum atomic E-state index is 10.6. The molecule has 1 aliphatic heterocycles.